The summed E-state index contributed by atoms with van der Waals surface area (Å²) < 4.78 is 4.93. The van der Waals surface area contributed by atoms with E-state index in [9.17, 15) is 4.79 Å². The number of benzene rings is 1. The zero-order valence-electron chi connectivity index (χ0n) is 10.3. The lowest BCUT2D eigenvalue weighted by Gasteiger charge is -1.95. The number of aromatic nitrogens is 2. The van der Waals surface area contributed by atoms with Crippen molar-refractivity contribution in [2.45, 2.75) is 6.92 Å². The number of hydrogen-bond acceptors (Lipinski definition) is 4. The molecular weight excluding hydrogens is 260 g/mol. The maximum Gasteiger partial charge on any atom is 0.367 e. The van der Waals surface area contributed by atoms with Crippen LogP contribution in [-0.2, 0) is 4.74 Å². The van der Waals surface area contributed by atoms with Gasteiger partial charge in [-0.3, -0.25) is 0 Å². The molecule has 5 heteroatoms. The Morgan fingerprint density at radius 3 is 3.05 bits per heavy atom. The minimum absolute atomic E-state index is 0.361. The number of hydrogen-bond donors (Lipinski definition) is 1. The smallest absolute Gasteiger partial charge is 0.367 e. The summed E-state index contributed by atoms with van der Waals surface area (Å²) >= 11 is 1.30. The summed E-state index contributed by atoms with van der Waals surface area (Å²) in [6, 6.07) is 10.0. The molecule has 4 nitrogen and oxygen atoms in total. The van der Waals surface area contributed by atoms with Gasteiger partial charge in [0.05, 0.1) is 18.0 Å². The molecule has 0 saturated heterocycles. The first-order chi connectivity index (χ1) is 9.28. The SMILES string of the molecule is CCOC(=O)c1nc(-c2cc3ccccc3[nH]2)cs1. The second kappa shape index (κ2) is 4.85. The van der Waals surface area contributed by atoms with E-state index in [4.69, 9.17) is 4.74 Å². The van der Waals surface area contributed by atoms with Crippen LogP contribution in [0.5, 0.6) is 0 Å². The number of fused-ring (bicyclic) bond motifs is 1. The van der Waals surface area contributed by atoms with Crippen molar-refractivity contribution in [3.8, 4) is 11.4 Å². The third-order valence-corrected chi connectivity index (χ3v) is 3.58. The summed E-state index contributed by atoms with van der Waals surface area (Å²) in [5, 5.41) is 3.37. The van der Waals surface area contributed by atoms with Crippen molar-refractivity contribution in [2.75, 3.05) is 6.61 Å². The van der Waals surface area contributed by atoms with Gasteiger partial charge in [0.2, 0.25) is 5.01 Å². The number of carbonyl (C=O) groups is 1. The minimum Gasteiger partial charge on any atom is -0.461 e. The predicted molar refractivity (Wildman–Crippen MR) is 75.4 cm³/mol. The van der Waals surface area contributed by atoms with E-state index in [1.165, 1.54) is 11.3 Å². The average Bonchev–Trinajstić information content (AvgIpc) is 3.05. The molecule has 3 aromatic rings. The van der Waals surface area contributed by atoms with Crippen molar-refractivity contribution in [3.63, 3.8) is 0 Å². The first-order valence-electron chi connectivity index (χ1n) is 5.98. The Hall–Kier alpha value is -2.14. The van der Waals surface area contributed by atoms with E-state index in [2.05, 4.69) is 9.97 Å². The molecule has 0 atom stereocenters. The van der Waals surface area contributed by atoms with Gasteiger partial charge in [-0.1, -0.05) is 18.2 Å². The molecule has 19 heavy (non-hydrogen) atoms. The molecule has 1 N–H and O–H groups in total. The van der Waals surface area contributed by atoms with Gasteiger partial charge in [-0.05, 0) is 19.1 Å². The van der Waals surface area contributed by atoms with Gasteiger partial charge >= 0.3 is 5.97 Å². The maximum absolute atomic E-state index is 11.6. The molecule has 0 aliphatic heterocycles. The van der Waals surface area contributed by atoms with Gasteiger partial charge in [-0.15, -0.1) is 11.3 Å². The van der Waals surface area contributed by atoms with E-state index < -0.39 is 0 Å². The normalized spacial score (nSPS) is 10.8. The molecule has 0 saturated carbocycles. The Morgan fingerprint density at radius 2 is 2.26 bits per heavy atom. The zero-order chi connectivity index (χ0) is 13.2. The quantitative estimate of drug-likeness (QED) is 0.743. The van der Waals surface area contributed by atoms with Crippen LogP contribution in [0.15, 0.2) is 35.7 Å². The Balaban J connectivity index is 1.96. The fourth-order valence-electron chi connectivity index (χ4n) is 1.90. The summed E-state index contributed by atoms with van der Waals surface area (Å²) in [5.41, 5.74) is 2.74. The summed E-state index contributed by atoms with van der Waals surface area (Å²) in [6.07, 6.45) is 0. The number of esters is 1. The summed E-state index contributed by atoms with van der Waals surface area (Å²) in [5.74, 6) is -0.366. The molecule has 2 heterocycles. The molecule has 1 aromatic carbocycles. The van der Waals surface area contributed by atoms with Gasteiger partial charge in [0.15, 0.2) is 0 Å². The number of para-hydroxylation sites is 1. The number of nitrogens with zero attached hydrogens (tertiary/aromatic N) is 1. The van der Waals surface area contributed by atoms with E-state index in [0.717, 1.165) is 22.3 Å². The fourth-order valence-corrected chi connectivity index (χ4v) is 2.60. The number of thiazole rings is 1. The average molecular weight is 272 g/mol. The number of nitrogens with one attached hydrogen (secondary N) is 1. The number of carbonyl (C=O) groups excluding carboxylic acids is 1. The van der Waals surface area contributed by atoms with Crippen LogP contribution in [0, 0.1) is 0 Å². The third-order valence-electron chi connectivity index (χ3n) is 2.76. The van der Waals surface area contributed by atoms with Crippen molar-refractivity contribution in [3.05, 3.63) is 40.7 Å². The van der Waals surface area contributed by atoms with E-state index in [1.807, 2.05) is 35.7 Å². The highest BCUT2D eigenvalue weighted by molar-refractivity contribution is 7.11. The molecule has 0 aliphatic carbocycles. The zero-order valence-corrected chi connectivity index (χ0v) is 11.2. The molecule has 0 amide bonds. The Labute approximate surface area is 114 Å². The highest BCUT2D eigenvalue weighted by Crippen LogP contribution is 2.25. The van der Waals surface area contributed by atoms with Gasteiger partial charge in [0.1, 0.15) is 0 Å². The number of aromatic amines is 1. The third kappa shape index (κ3) is 2.24. The molecule has 0 aliphatic rings. The molecular formula is C14H12N2O2S. The van der Waals surface area contributed by atoms with Crippen molar-refractivity contribution in [1.82, 2.24) is 9.97 Å². The number of H-pyrrole nitrogens is 1. The Kier molecular flexibility index (Phi) is 3.05. The predicted octanol–water partition coefficient (Wildman–Crippen LogP) is 3.47. The van der Waals surface area contributed by atoms with E-state index in [1.54, 1.807) is 6.92 Å². The number of ether oxygens (including phenoxy) is 1. The summed E-state index contributed by atoms with van der Waals surface area (Å²) in [6.45, 7) is 2.14. The molecule has 3 rings (SSSR count). The highest BCUT2D eigenvalue weighted by atomic mass is 32.1. The lowest BCUT2D eigenvalue weighted by atomic mass is 10.2. The first-order valence-corrected chi connectivity index (χ1v) is 6.86. The van der Waals surface area contributed by atoms with Gasteiger partial charge < -0.3 is 9.72 Å². The number of rotatable bonds is 3. The second-order valence-corrected chi connectivity index (χ2v) is 4.89. The van der Waals surface area contributed by atoms with Crippen LogP contribution < -0.4 is 0 Å². The highest BCUT2D eigenvalue weighted by Gasteiger charge is 2.13. The molecule has 0 spiro atoms. The van der Waals surface area contributed by atoms with Gasteiger partial charge in [-0.25, -0.2) is 9.78 Å². The monoisotopic (exact) mass is 272 g/mol. The maximum atomic E-state index is 11.6. The minimum atomic E-state index is -0.366. The molecule has 0 unspecified atom stereocenters. The van der Waals surface area contributed by atoms with Gasteiger partial charge in [0, 0.05) is 16.3 Å². The van der Waals surface area contributed by atoms with Crippen LogP contribution in [0.3, 0.4) is 0 Å². The van der Waals surface area contributed by atoms with Crippen molar-refractivity contribution < 1.29 is 9.53 Å². The molecule has 0 fully saturated rings. The van der Waals surface area contributed by atoms with Crippen LogP contribution in [0.4, 0.5) is 0 Å². The standard InChI is InChI=1S/C14H12N2O2S/c1-2-18-14(17)13-16-12(8-19-13)11-7-9-5-3-4-6-10(9)15-11/h3-8,15H,2H2,1H3. The summed E-state index contributed by atoms with van der Waals surface area (Å²) in [7, 11) is 0. The van der Waals surface area contributed by atoms with Gasteiger partial charge in [-0.2, -0.15) is 0 Å². The molecule has 96 valence electrons. The van der Waals surface area contributed by atoms with Crippen LogP contribution in [0.25, 0.3) is 22.3 Å². The van der Waals surface area contributed by atoms with Gasteiger partial charge in [0.25, 0.3) is 0 Å². The van der Waals surface area contributed by atoms with Crippen molar-refractivity contribution >= 4 is 28.2 Å². The lowest BCUT2D eigenvalue weighted by Crippen LogP contribution is -2.03. The van der Waals surface area contributed by atoms with E-state index >= 15 is 0 Å². The Bertz CT molecular complexity index is 697. The van der Waals surface area contributed by atoms with Crippen LogP contribution in [0.2, 0.25) is 0 Å². The van der Waals surface area contributed by atoms with E-state index in [-0.39, 0.29) is 5.97 Å². The largest absolute Gasteiger partial charge is 0.461 e. The molecule has 0 radical (unpaired) electrons. The van der Waals surface area contributed by atoms with Crippen molar-refractivity contribution in [2.24, 2.45) is 0 Å². The fraction of sp³-hybridized carbons (Fsp3) is 0.143. The summed E-state index contributed by atoms with van der Waals surface area (Å²) in [4.78, 5) is 19.2. The molecule has 0 bridgehead atoms. The van der Waals surface area contributed by atoms with Crippen molar-refractivity contribution in [1.29, 1.82) is 0 Å². The Morgan fingerprint density at radius 1 is 1.42 bits per heavy atom. The topological polar surface area (TPSA) is 55.0 Å². The van der Waals surface area contributed by atoms with Crippen LogP contribution >= 0.6 is 11.3 Å². The second-order valence-electron chi connectivity index (χ2n) is 4.03. The lowest BCUT2D eigenvalue weighted by molar-refractivity contribution is 0.0526. The first kappa shape index (κ1) is 11.9. The van der Waals surface area contributed by atoms with Crippen LogP contribution in [0.1, 0.15) is 16.7 Å². The van der Waals surface area contributed by atoms with E-state index in [0.29, 0.717) is 11.6 Å². The molecule has 2 aromatic heterocycles. The van der Waals surface area contributed by atoms with Crippen LogP contribution in [-0.4, -0.2) is 22.5 Å².